The second-order valence-electron chi connectivity index (χ2n) is 12.0. The molecule has 2 saturated heterocycles. The Balaban J connectivity index is 1.48. The van der Waals surface area contributed by atoms with Gasteiger partial charge >= 0.3 is 0 Å². The third kappa shape index (κ3) is 8.98. The molecule has 0 aliphatic carbocycles. The van der Waals surface area contributed by atoms with Gasteiger partial charge in [0.1, 0.15) is 0 Å². The van der Waals surface area contributed by atoms with Crippen molar-refractivity contribution < 1.29 is 0 Å². The van der Waals surface area contributed by atoms with E-state index in [1.54, 1.807) is 0 Å². The van der Waals surface area contributed by atoms with Crippen molar-refractivity contribution >= 4 is 0 Å². The van der Waals surface area contributed by atoms with Crippen molar-refractivity contribution in [1.29, 1.82) is 0 Å². The van der Waals surface area contributed by atoms with Gasteiger partial charge in [-0.2, -0.15) is 0 Å². The number of rotatable bonds is 0. The molecule has 2 fully saturated rings. The SMILES string of the molecule is C1=C\CCCCC[C@@H]2CN3CC/C=C\CCCCCC[C@H]4C[C@H](CN(CC/C=C\C/1)C4)[C@@H]2CC3. The Morgan fingerprint density at radius 1 is 0.471 bits per heavy atom. The average molecular weight is 467 g/mol. The second-order valence-corrected chi connectivity index (χ2v) is 12.0. The molecule has 0 radical (unpaired) electrons. The zero-order chi connectivity index (χ0) is 23.3. The zero-order valence-electron chi connectivity index (χ0n) is 22.2. The summed E-state index contributed by atoms with van der Waals surface area (Å²) in [5, 5.41) is 0. The predicted molar refractivity (Wildman–Crippen MR) is 148 cm³/mol. The van der Waals surface area contributed by atoms with Crippen molar-refractivity contribution in [2.75, 3.05) is 39.3 Å². The van der Waals surface area contributed by atoms with Crippen LogP contribution in [0, 0.1) is 23.7 Å². The monoisotopic (exact) mass is 466 g/mol. The Morgan fingerprint density at radius 3 is 2.00 bits per heavy atom. The first-order chi connectivity index (χ1) is 16.9. The van der Waals surface area contributed by atoms with Crippen LogP contribution in [0.3, 0.4) is 0 Å². The molecule has 5 heterocycles. The van der Waals surface area contributed by atoms with Crippen molar-refractivity contribution in [2.45, 2.75) is 103 Å². The standard InChI is InChI=1S/C32H54N2/c1-2-5-10-14-18-23-34-26-29-19-15-11-7-4-6-9-13-17-22-33-24-21-32(31(25-29)28-34)30(27-33)20-16-12-8-3-1/h1-2,9-10,13-14,29-32H,3-8,11-12,15-28H2/b2-1-,13-9-,14-10-/t29-,30+,31+,32+/m0/s1. The fraction of sp³-hybridized carbons (Fsp3) is 0.812. The van der Waals surface area contributed by atoms with E-state index in [2.05, 4.69) is 46.3 Å². The average Bonchev–Trinajstić information content (AvgIpc) is 2.85. The molecule has 6 atom stereocenters. The summed E-state index contributed by atoms with van der Waals surface area (Å²) < 4.78 is 0. The molecular formula is C32H54N2. The number of nitrogens with zero attached hydrogens (tertiary/aromatic N) is 2. The fourth-order valence-corrected chi connectivity index (χ4v) is 7.46. The summed E-state index contributed by atoms with van der Waals surface area (Å²) in [6, 6.07) is 0. The zero-order valence-corrected chi connectivity index (χ0v) is 22.2. The fourth-order valence-electron chi connectivity index (χ4n) is 7.46. The first-order valence-electron chi connectivity index (χ1n) is 15.3. The van der Waals surface area contributed by atoms with E-state index in [9.17, 15) is 0 Å². The molecule has 2 nitrogen and oxygen atoms in total. The van der Waals surface area contributed by atoms with Crippen molar-refractivity contribution in [3.63, 3.8) is 0 Å². The number of hydrogen-bond donors (Lipinski definition) is 0. The van der Waals surface area contributed by atoms with Gasteiger partial charge in [-0.15, -0.1) is 0 Å². The van der Waals surface area contributed by atoms with Crippen LogP contribution in [-0.2, 0) is 0 Å². The van der Waals surface area contributed by atoms with Crippen LogP contribution in [0.1, 0.15) is 103 Å². The molecule has 0 spiro atoms. The summed E-state index contributed by atoms with van der Waals surface area (Å²) in [6.45, 7) is 8.05. The van der Waals surface area contributed by atoms with Crippen LogP contribution in [0.4, 0.5) is 0 Å². The first kappa shape index (κ1) is 26.2. The van der Waals surface area contributed by atoms with Gasteiger partial charge in [-0.05, 0) is 101 Å². The molecular weight excluding hydrogens is 412 g/mol. The second kappa shape index (κ2) is 15.3. The molecule has 34 heavy (non-hydrogen) atoms. The highest BCUT2D eigenvalue weighted by atomic mass is 15.1. The molecule has 192 valence electrons. The van der Waals surface area contributed by atoms with Crippen LogP contribution >= 0.6 is 0 Å². The van der Waals surface area contributed by atoms with Crippen LogP contribution in [0.15, 0.2) is 36.5 Å². The lowest BCUT2D eigenvalue weighted by Crippen LogP contribution is -2.49. The third-order valence-electron chi connectivity index (χ3n) is 9.30. The minimum absolute atomic E-state index is 0.935. The lowest BCUT2D eigenvalue weighted by Gasteiger charge is -2.47. The molecule has 2 unspecified atom stereocenters. The Bertz CT molecular complexity index is 635. The molecule has 2 heteroatoms. The Kier molecular flexibility index (Phi) is 11.8. The number of piperidine rings is 2. The highest BCUT2D eigenvalue weighted by Gasteiger charge is 2.38. The number of hydrogen-bond acceptors (Lipinski definition) is 2. The predicted octanol–water partition coefficient (Wildman–Crippen LogP) is 8.02. The van der Waals surface area contributed by atoms with E-state index in [0.29, 0.717) is 0 Å². The summed E-state index contributed by atoms with van der Waals surface area (Å²) in [7, 11) is 0. The van der Waals surface area contributed by atoms with E-state index in [-0.39, 0.29) is 0 Å². The number of fused-ring (bicyclic) bond motifs is 10. The van der Waals surface area contributed by atoms with Crippen molar-refractivity contribution in [1.82, 2.24) is 9.80 Å². The van der Waals surface area contributed by atoms with Gasteiger partial charge in [0.25, 0.3) is 0 Å². The smallest absolute Gasteiger partial charge is 0.00161 e. The Labute approximate surface area is 211 Å². The van der Waals surface area contributed by atoms with Gasteiger partial charge in [0.15, 0.2) is 0 Å². The highest BCUT2D eigenvalue weighted by Crippen LogP contribution is 2.40. The summed E-state index contributed by atoms with van der Waals surface area (Å²) in [4.78, 5) is 5.72. The molecule has 0 aromatic carbocycles. The van der Waals surface area contributed by atoms with Crippen LogP contribution in [0.5, 0.6) is 0 Å². The van der Waals surface area contributed by atoms with Gasteiger partial charge in [0.2, 0.25) is 0 Å². The highest BCUT2D eigenvalue weighted by molar-refractivity contribution is 4.95. The summed E-state index contributed by atoms with van der Waals surface area (Å²) >= 11 is 0. The van der Waals surface area contributed by atoms with Crippen LogP contribution in [-0.4, -0.2) is 49.1 Å². The molecule has 0 N–H and O–H groups in total. The molecule has 0 aromatic heterocycles. The van der Waals surface area contributed by atoms with E-state index in [0.717, 1.165) is 30.1 Å². The van der Waals surface area contributed by atoms with Crippen LogP contribution in [0.2, 0.25) is 0 Å². The lowest BCUT2D eigenvalue weighted by atomic mass is 9.69. The number of allylic oxidation sites excluding steroid dienone is 4. The quantitative estimate of drug-likeness (QED) is 0.333. The minimum Gasteiger partial charge on any atom is -0.303 e. The minimum atomic E-state index is 0.935. The summed E-state index contributed by atoms with van der Waals surface area (Å²) in [6.07, 6.45) is 36.8. The van der Waals surface area contributed by atoms with Gasteiger partial charge in [-0.1, -0.05) is 68.6 Å². The van der Waals surface area contributed by atoms with Gasteiger partial charge in [-0.3, -0.25) is 0 Å². The molecule has 0 aromatic rings. The van der Waals surface area contributed by atoms with Crippen LogP contribution < -0.4 is 0 Å². The maximum atomic E-state index is 2.89. The Morgan fingerprint density at radius 2 is 1.12 bits per heavy atom. The first-order valence-corrected chi connectivity index (χ1v) is 15.3. The molecule has 5 aliphatic rings. The lowest BCUT2D eigenvalue weighted by molar-refractivity contribution is 0.0203. The van der Waals surface area contributed by atoms with Gasteiger partial charge in [-0.25, -0.2) is 0 Å². The molecule has 5 rings (SSSR count). The molecule has 6 bridgehead atoms. The topological polar surface area (TPSA) is 6.48 Å². The van der Waals surface area contributed by atoms with E-state index in [4.69, 9.17) is 0 Å². The van der Waals surface area contributed by atoms with E-state index < -0.39 is 0 Å². The largest absolute Gasteiger partial charge is 0.303 e. The Hall–Kier alpha value is -0.860. The maximum Gasteiger partial charge on any atom is 0.00161 e. The van der Waals surface area contributed by atoms with Gasteiger partial charge in [0, 0.05) is 32.7 Å². The van der Waals surface area contributed by atoms with Crippen molar-refractivity contribution in [3.05, 3.63) is 36.5 Å². The normalized spacial score (nSPS) is 40.2. The molecule has 5 aliphatic heterocycles. The summed E-state index contributed by atoms with van der Waals surface area (Å²) in [5.41, 5.74) is 0. The van der Waals surface area contributed by atoms with E-state index in [1.165, 1.54) is 136 Å². The van der Waals surface area contributed by atoms with Crippen LogP contribution in [0.25, 0.3) is 0 Å². The molecule has 0 saturated carbocycles. The van der Waals surface area contributed by atoms with Crippen molar-refractivity contribution in [3.8, 4) is 0 Å². The molecule has 0 amide bonds. The van der Waals surface area contributed by atoms with E-state index >= 15 is 0 Å². The van der Waals surface area contributed by atoms with Gasteiger partial charge < -0.3 is 9.80 Å². The van der Waals surface area contributed by atoms with Crippen molar-refractivity contribution in [2.24, 2.45) is 23.7 Å². The summed E-state index contributed by atoms with van der Waals surface area (Å²) in [5.74, 6) is 3.80. The van der Waals surface area contributed by atoms with Gasteiger partial charge in [0.05, 0.1) is 0 Å². The third-order valence-corrected chi connectivity index (χ3v) is 9.30. The maximum absolute atomic E-state index is 2.89. The van der Waals surface area contributed by atoms with E-state index in [1.807, 2.05) is 0 Å².